The van der Waals surface area contributed by atoms with Gasteiger partial charge in [0.25, 0.3) is 11.2 Å². The van der Waals surface area contributed by atoms with Crippen molar-refractivity contribution in [2.45, 2.75) is 33.0 Å². The lowest BCUT2D eigenvalue weighted by Crippen LogP contribution is -2.46. The van der Waals surface area contributed by atoms with Crippen LogP contribution in [0.3, 0.4) is 0 Å². The molecule has 134 valence electrons. The van der Waals surface area contributed by atoms with Crippen molar-refractivity contribution in [3.8, 4) is 0 Å². The van der Waals surface area contributed by atoms with Gasteiger partial charge in [-0.25, -0.2) is 14.3 Å². The number of aliphatic hydroxyl groups excluding tert-OH is 1. The zero-order valence-corrected chi connectivity index (χ0v) is 16.0. The number of halogens is 1. The molecule has 0 aromatic carbocycles. The lowest BCUT2D eigenvalue weighted by molar-refractivity contribution is -0.679. The third-order valence-electron chi connectivity index (χ3n) is 4.37. The summed E-state index contributed by atoms with van der Waals surface area (Å²) in [6.45, 7) is 4.30. The van der Waals surface area contributed by atoms with Gasteiger partial charge in [-0.15, -0.1) is 0 Å². The summed E-state index contributed by atoms with van der Waals surface area (Å²) in [4.78, 5) is 27.3. The van der Waals surface area contributed by atoms with Crippen molar-refractivity contribution in [3.63, 3.8) is 0 Å². The van der Waals surface area contributed by atoms with Crippen molar-refractivity contribution in [2.75, 3.05) is 0 Å². The summed E-state index contributed by atoms with van der Waals surface area (Å²) in [7, 11) is 3.03. The molecule has 0 radical (unpaired) electrons. The Labute approximate surface area is 151 Å². The molecule has 0 aliphatic heterocycles. The van der Waals surface area contributed by atoms with Crippen LogP contribution in [0, 0.1) is 13.8 Å². The number of hydrogen-bond donors (Lipinski definition) is 2. The van der Waals surface area contributed by atoms with Crippen LogP contribution < -0.4 is 15.8 Å². The third-order valence-corrected chi connectivity index (χ3v) is 5.52. The largest absolute Gasteiger partial charge is 0.387 e. The van der Waals surface area contributed by atoms with Gasteiger partial charge >= 0.3 is 11.2 Å². The van der Waals surface area contributed by atoms with Crippen LogP contribution in [0.15, 0.2) is 20.4 Å². The van der Waals surface area contributed by atoms with E-state index in [1.54, 1.807) is 22.6 Å². The van der Waals surface area contributed by atoms with Crippen LogP contribution in [-0.2, 0) is 27.2 Å². The molecular weight excluding hydrogens is 392 g/mol. The molecule has 1 unspecified atom stereocenters. The van der Waals surface area contributed by atoms with Crippen LogP contribution in [0.1, 0.15) is 11.4 Å². The lowest BCUT2D eigenvalue weighted by Gasteiger charge is -2.10. The Balaban J connectivity index is 1.94. The highest BCUT2D eigenvalue weighted by Gasteiger charge is 2.22. The smallest absolute Gasteiger partial charge is 0.333 e. The van der Waals surface area contributed by atoms with Crippen molar-refractivity contribution in [2.24, 2.45) is 14.1 Å². The van der Waals surface area contributed by atoms with E-state index in [4.69, 9.17) is 0 Å². The van der Waals surface area contributed by atoms with Gasteiger partial charge in [-0.3, -0.25) is 18.6 Å². The molecule has 0 aliphatic carbocycles. The maximum Gasteiger partial charge on any atom is 0.333 e. The fourth-order valence-electron chi connectivity index (χ4n) is 2.94. The maximum atomic E-state index is 12.4. The number of nitrogens with zero attached hydrogens (tertiary/aromatic N) is 5. The second-order valence-corrected chi connectivity index (χ2v) is 6.94. The number of hydrogen-bond acceptors (Lipinski definition) is 4. The van der Waals surface area contributed by atoms with Gasteiger partial charge in [-0.1, -0.05) is 0 Å². The first-order valence-electron chi connectivity index (χ1n) is 7.76. The van der Waals surface area contributed by atoms with Gasteiger partial charge in [0.2, 0.25) is 6.33 Å². The molecule has 9 nitrogen and oxygen atoms in total. The normalized spacial score (nSPS) is 12.9. The average molecular weight is 412 g/mol. The summed E-state index contributed by atoms with van der Waals surface area (Å²) in [5, 5.41) is 14.8. The number of imidazole rings is 1. The molecule has 0 aliphatic rings. The number of nitrogens with one attached hydrogen (secondary N) is 1. The van der Waals surface area contributed by atoms with E-state index in [1.165, 1.54) is 11.6 Å². The average Bonchev–Trinajstić information content (AvgIpc) is 3.08. The summed E-state index contributed by atoms with van der Waals surface area (Å²) in [6.07, 6.45) is 0.835. The zero-order valence-electron chi connectivity index (χ0n) is 14.4. The van der Waals surface area contributed by atoms with Gasteiger partial charge < -0.3 is 5.11 Å². The van der Waals surface area contributed by atoms with Crippen molar-refractivity contribution in [1.82, 2.24) is 23.9 Å². The summed E-state index contributed by atoms with van der Waals surface area (Å²) in [5.74, 6) is 0. The molecule has 0 bridgehead atoms. The van der Waals surface area contributed by atoms with E-state index < -0.39 is 17.4 Å². The van der Waals surface area contributed by atoms with Gasteiger partial charge in [0.15, 0.2) is 0 Å². The van der Waals surface area contributed by atoms with E-state index in [9.17, 15) is 14.7 Å². The Kier molecular flexibility index (Phi) is 4.41. The first-order chi connectivity index (χ1) is 11.7. The minimum atomic E-state index is -0.754. The van der Waals surface area contributed by atoms with Gasteiger partial charge in [-0.2, -0.15) is 5.10 Å². The monoisotopic (exact) mass is 411 g/mol. The second kappa shape index (κ2) is 6.26. The third kappa shape index (κ3) is 2.85. The topological polar surface area (TPSA) is 102 Å². The van der Waals surface area contributed by atoms with Crippen LogP contribution in [0.25, 0.3) is 11.2 Å². The molecule has 2 N–H and O–H groups in total. The van der Waals surface area contributed by atoms with Crippen LogP contribution in [0.2, 0.25) is 0 Å². The highest BCUT2D eigenvalue weighted by Crippen LogP contribution is 2.19. The van der Waals surface area contributed by atoms with E-state index in [0.29, 0.717) is 17.7 Å². The number of aliphatic hydroxyl groups is 1. The Morgan fingerprint density at radius 3 is 2.60 bits per heavy atom. The van der Waals surface area contributed by atoms with Crippen molar-refractivity contribution >= 4 is 27.1 Å². The number of H-pyrrole nitrogens is 1. The molecule has 10 heteroatoms. The number of aromatic nitrogens is 6. The maximum absolute atomic E-state index is 12.4. The minimum absolute atomic E-state index is 0.198. The van der Waals surface area contributed by atoms with E-state index in [2.05, 4.69) is 26.0 Å². The predicted octanol–water partition coefficient (Wildman–Crippen LogP) is -0.510. The minimum Gasteiger partial charge on any atom is -0.387 e. The highest BCUT2D eigenvalue weighted by molar-refractivity contribution is 9.10. The molecule has 25 heavy (non-hydrogen) atoms. The highest BCUT2D eigenvalue weighted by atomic mass is 79.9. The van der Waals surface area contributed by atoms with Gasteiger partial charge in [-0.05, 0) is 29.8 Å². The SMILES string of the molecule is Cc1nn(CC(O)C[n+]2c[nH]c3c2c(=O)n(C)c(=O)n3C)c(C)c1Br. The first kappa shape index (κ1) is 17.6. The number of aryl methyl sites for hydroxylation is 2. The fraction of sp³-hybridized carbons (Fsp3) is 0.467. The van der Waals surface area contributed by atoms with Crippen molar-refractivity contribution in [1.29, 1.82) is 0 Å². The molecule has 0 saturated carbocycles. The first-order valence-corrected chi connectivity index (χ1v) is 8.55. The summed E-state index contributed by atoms with van der Waals surface area (Å²) >= 11 is 3.46. The summed E-state index contributed by atoms with van der Waals surface area (Å²) in [6, 6.07) is 0. The van der Waals surface area contributed by atoms with Crippen LogP contribution in [-0.4, -0.2) is 35.1 Å². The predicted molar refractivity (Wildman–Crippen MR) is 94.4 cm³/mol. The fourth-order valence-corrected chi connectivity index (χ4v) is 3.22. The Bertz CT molecular complexity index is 1070. The standard InChI is InChI=1S/C15H19BrN6O3/c1-8-11(16)9(2)22(18-8)6-10(23)5-21-7-17-13-12(21)14(24)20(4)15(25)19(13)3/h7,10,23H,5-6H2,1-4H3/p+1. The molecule has 0 amide bonds. The molecule has 3 aromatic heterocycles. The Hall–Kier alpha value is -2.20. The Morgan fingerprint density at radius 2 is 2.00 bits per heavy atom. The van der Waals surface area contributed by atoms with Gasteiger partial charge in [0.05, 0.1) is 16.7 Å². The number of aromatic amines is 1. The molecular formula is C15H20BrN6O3+. The molecule has 3 aromatic rings. The lowest BCUT2D eigenvalue weighted by atomic mass is 10.3. The molecule has 1 atom stereocenters. The van der Waals surface area contributed by atoms with Crippen LogP contribution in [0.4, 0.5) is 0 Å². The van der Waals surface area contributed by atoms with Gasteiger partial charge in [0.1, 0.15) is 12.6 Å². The summed E-state index contributed by atoms with van der Waals surface area (Å²) in [5.41, 5.74) is 1.75. The molecule has 0 spiro atoms. The molecule has 0 saturated heterocycles. The second-order valence-electron chi connectivity index (χ2n) is 6.15. The summed E-state index contributed by atoms with van der Waals surface area (Å²) < 4.78 is 6.70. The van der Waals surface area contributed by atoms with E-state index >= 15 is 0 Å². The number of rotatable bonds is 4. The molecule has 0 fully saturated rings. The molecule has 3 rings (SSSR count). The van der Waals surface area contributed by atoms with Crippen LogP contribution >= 0.6 is 15.9 Å². The van der Waals surface area contributed by atoms with Crippen molar-refractivity contribution < 1.29 is 9.67 Å². The van der Waals surface area contributed by atoms with E-state index in [0.717, 1.165) is 20.4 Å². The zero-order chi connectivity index (χ0) is 18.5. The number of fused-ring (bicyclic) bond motifs is 1. The van der Waals surface area contributed by atoms with Crippen LogP contribution in [0.5, 0.6) is 0 Å². The van der Waals surface area contributed by atoms with E-state index in [-0.39, 0.29) is 6.54 Å². The van der Waals surface area contributed by atoms with E-state index in [1.807, 2.05) is 13.8 Å². The Morgan fingerprint density at radius 1 is 1.32 bits per heavy atom. The molecule has 3 heterocycles. The van der Waals surface area contributed by atoms with Gasteiger partial charge in [0, 0.05) is 19.8 Å². The van der Waals surface area contributed by atoms with Crippen molar-refractivity contribution in [3.05, 3.63) is 43.0 Å². The quantitative estimate of drug-likeness (QED) is 0.564.